The molecule has 0 aliphatic heterocycles. The third-order valence-corrected chi connectivity index (χ3v) is 3.04. The molecule has 0 aromatic heterocycles. The average molecular weight is 196 g/mol. The fourth-order valence-corrected chi connectivity index (χ4v) is 2.15. The Balaban J connectivity index is 2.55. The van der Waals surface area contributed by atoms with Gasteiger partial charge >= 0.3 is 0 Å². The maximum atomic E-state index is 13.5. The smallest absolute Gasteiger partial charge is 0.162 e. The van der Waals surface area contributed by atoms with Gasteiger partial charge in [0.15, 0.2) is 11.6 Å². The highest BCUT2D eigenvalue weighted by Gasteiger charge is 2.22. The van der Waals surface area contributed by atoms with Crippen LogP contribution in [0.1, 0.15) is 30.0 Å². The molecule has 2 rings (SSSR count). The minimum absolute atomic E-state index is 0.427. The molecule has 0 spiro atoms. The number of aryl methyl sites for hydroxylation is 2. The molecule has 0 N–H and O–H groups in total. The van der Waals surface area contributed by atoms with Gasteiger partial charge in [-0.15, -0.1) is 0 Å². The van der Waals surface area contributed by atoms with Gasteiger partial charge in [-0.2, -0.15) is 0 Å². The van der Waals surface area contributed by atoms with Crippen molar-refractivity contribution in [1.82, 2.24) is 0 Å². The lowest BCUT2D eigenvalue weighted by atomic mass is 9.84. The predicted octanol–water partition coefficient (Wildman–Crippen LogP) is 3.40. The van der Waals surface area contributed by atoms with Crippen molar-refractivity contribution in [3.63, 3.8) is 0 Å². The zero-order valence-corrected chi connectivity index (χ0v) is 8.53. The first-order chi connectivity index (χ1) is 6.59. The van der Waals surface area contributed by atoms with E-state index in [4.69, 9.17) is 0 Å². The zero-order valence-electron chi connectivity index (χ0n) is 8.53. The van der Waals surface area contributed by atoms with E-state index in [-0.39, 0.29) is 0 Å². The van der Waals surface area contributed by atoms with Gasteiger partial charge in [-0.1, -0.05) is 13.0 Å². The van der Waals surface area contributed by atoms with Crippen molar-refractivity contribution >= 4 is 0 Å². The van der Waals surface area contributed by atoms with Gasteiger partial charge in [-0.25, -0.2) is 8.78 Å². The summed E-state index contributed by atoms with van der Waals surface area (Å²) in [5.41, 5.74) is 2.03. The van der Waals surface area contributed by atoms with Crippen LogP contribution in [-0.2, 0) is 12.8 Å². The quantitative estimate of drug-likeness (QED) is 0.596. The number of benzene rings is 1. The third kappa shape index (κ3) is 1.43. The number of fused-ring (bicyclic) bond motifs is 1. The van der Waals surface area contributed by atoms with Crippen LogP contribution in [-0.4, -0.2) is 0 Å². The molecule has 76 valence electrons. The molecule has 0 amide bonds. The Kier molecular flexibility index (Phi) is 2.30. The summed E-state index contributed by atoms with van der Waals surface area (Å²) in [6, 6.07) is 1.79. The number of halogens is 2. The van der Waals surface area contributed by atoms with E-state index in [0.29, 0.717) is 23.5 Å². The van der Waals surface area contributed by atoms with Crippen LogP contribution in [0.2, 0.25) is 0 Å². The van der Waals surface area contributed by atoms with E-state index < -0.39 is 11.6 Å². The van der Waals surface area contributed by atoms with Crippen LogP contribution in [0.5, 0.6) is 0 Å². The normalized spacial score (nSPS) is 20.7. The van der Waals surface area contributed by atoms with E-state index in [1.165, 1.54) is 0 Å². The van der Waals surface area contributed by atoms with E-state index in [9.17, 15) is 8.78 Å². The van der Waals surface area contributed by atoms with Gasteiger partial charge in [-0.3, -0.25) is 0 Å². The Morgan fingerprint density at radius 1 is 1.29 bits per heavy atom. The van der Waals surface area contributed by atoms with Gasteiger partial charge in [0.1, 0.15) is 0 Å². The number of hydrogen-bond donors (Lipinski definition) is 0. The van der Waals surface area contributed by atoms with Crippen molar-refractivity contribution in [2.75, 3.05) is 0 Å². The molecule has 0 bridgehead atoms. The summed E-state index contributed by atoms with van der Waals surface area (Å²) in [7, 11) is 0. The van der Waals surface area contributed by atoms with Gasteiger partial charge < -0.3 is 0 Å². The Morgan fingerprint density at radius 2 is 2.00 bits per heavy atom. The lowest BCUT2D eigenvalue weighted by Crippen LogP contribution is -2.14. The highest BCUT2D eigenvalue weighted by molar-refractivity contribution is 5.36. The summed E-state index contributed by atoms with van der Waals surface area (Å²) in [5, 5.41) is 0. The summed E-state index contributed by atoms with van der Waals surface area (Å²) in [5.74, 6) is -0.816. The molecule has 0 unspecified atom stereocenters. The first-order valence-corrected chi connectivity index (χ1v) is 5.06. The molecule has 2 heteroatoms. The Labute approximate surface area is 82.9 Å². The third-order valence-electron chi connectivity index (χ3n) is 3.04. The molecular weight excluding hydrogens is 182 g/mol. The monoisotopic (exact) mass is 196 g/mol. The van der Waals surface area contributed by atoms with Crippen molar-refractivity contribution in [1.29, 1.82) is 0 Å². The maximum Gasteiger partial charge on any atom is 0.162 e. The molecule has 1 aliphatic rings. The van der Waals surface area contributed by atoms with Gasteiger partial charge in [0.05, 0.1) is 0 Å². The predicted molar refractivity (Wildman–Crippen MR) is 52.3 cm³/mol. The maximum absolute atomic E-state index is 13.5. The fourth-order valence-electron chi connectivity index (χ4n) is 2.15. The summed E-state index contributed by atoms with van der Waals surface area (Å²) >= 11 is 0. The minimum Gasteiger partial charge on any atom is -0.203 e. The molecule has 0 saturated heterocycles. The van der Waals surface area contributed by atoms with Gasteiger partial charge in [-0.05, 0) is 48.8 Å². The van der Waals surface area contributed by atoms with E-state index in [0.717, 1.165) is 18.4 Å². The van der Waals surface area contributed by atoms with Crippen LogP contribution >= 0.6 is 0 Å². The SMILES string of the molecule is Cc1cc2c(c(F)c1F)C[C@H](C)CC2. The standard InChI is InChI=1S/C12H14F2/c1-7-3-4-9-6-8(2)11(13)12(14)10(9)5-7/h6-7H,3-5H2,1-2H3/t7-/m1/s1. The van der Waals surface area contributed by atoms with E-state index in [1.807, 2.05) is 0 Å². The summed E-state index contributed by atoms with van der Waals surface area (Å²) in [4.78, 5) is 0. The van der Waals surface area contributed by atoms with Crippen LogP contribution in [0.3, 0.4) is 0 Å². The molecule has 0 saturated carbocycles. The Hall–Kier alpha value is -0.920. The largest absolute Gasteiger partial charge is 0.203 e. The lowest BCUT2D eigenvalue weighted by molar-refractivity contribution is 0.446. The van der Waals surface area contributed by atoms with Crippen LogP contribution in [0.4, 0.5) is 8.78 Å². The van der Waals surface area contributed by atoms with Gasteiger partial charge in [0.25, 0.3) is 0 Å². The topological polar surface area (TPSA) is 0 Å². The van der Waals surface area contributed by atoms with Crippen molar-refractivity contribution in [3.8, 4) is 0 Å². The van der Waals surface area contributed by atoms with Crippen LogP contribution in [0.25, 0.3) is 0 Å². The van der Waals surface area contributed by atoms with Gasteiger partial charge in [0.2, 0.25) is 0 Å². The molecule has 0 heterocycles. The molecule has 1 aromatic rings. The first kappa shape index (κ1) is 9.63. The van der Waals surface area contributed by atoms with Crippen LogP contribution in [0.15, 0.2) is 6.07 Å². The van der Waals surface area contributed by atoms with Crippen molar-refractivity contribution in [2.45, 2.75) is 33.1 Å². The summed E-state index contributed by atoms with van der Waals surface area (Å²) in [6.07, 6.45) is 2.64. The Morgan fingerprint density at radius 3 is 2.71 bits per heavy atom. The first-order valence-electron chi connectivity index (χ1n) is 5.06. The highest BCUT2D eigenvalue weighted by atomic mass is 19.2. The second kappa shape index (κ2) is 3.34. The lowest BCUT2D eigenvalue weighted by Gasteiger charge is -2.22. The average Bonchev–Trinajstić information content (AvgIpc) is 2.16. The fraction of sp³-hybridized carbons (Fsp3) is 0.500. The van der Waals surface area contributed by atoms with Crippen molar-refractivity contribution in [2.24, 2.45) is 5.92 Å². The number of rotatable bonds is 0. The molecule has 1 atom stereocenters. The second-order valence-corrected chi connectivity index (χ2v) is 4.31. The highest BCUT2D eigenvalue weighted by Crippen LogP contribution is 2.29. The molecule has 0 radical (unpaired) electrons. The molecule has 1 aliphatic carbocycles. The Bertz CT molecular complexity index is 369. The summed E-state index contributed by atoms with van der Waals surface area (Å²) in [6.45, 7) is 3.71. The van der Waals surface area contributed by atoms with Crippen LogP contribution < -0.4 is 0 Å². The zero-order chi connectivity index (χ0) is 10.3. The molecule has 1 aromatic carbocycles. The van der Waals surface area contributed by atoms with Crippen molar-refractivity contribution in [3.05, 3.63) is 34.4 Å². The number of hydrogen-bond acceptors (Lipinski definition) is 0. The minimum atomic E-state index is -0.669. The second-order valence-electron chi connectivity index (χ2n) is 4.31. The molecular formula is C12H14F2. The van der Waals surface area contributed by atoms with E-state index >= 15 is 0 Å². The van der Waals surface area contributed by atoms with Crippen LogP contribution in [0, 0.1) is 24.5 Å². The van der Waals surface area contributed by atoms with E-state index in [2.05, 4.69) is 6.92 Å². The van der Waals surface area contributed by atoms with Gasteiger partial charge in [0, 0.05) is 0 Å². The summed E-state index contributed by atoms with van der Waals surface area (Å²) < 4.78 is 26.8. The molecule has 14 heavy (non-hydrogen) atoms. The molecule has 0 fully saturated rings. The molecule has 0 nitrogen and oxygen atoms in total. The van der Waals surface area contributed by atoms with Crippen molar-refractivity contribution < 1.29 is 8.78 Å². The van der Waals surface area contributed by atoms with E-state index in [1.54, 1.807) is 13.0 Å².